The van der Waals surface area contributed by atoms with Crippen molar-refractivity contribution in [2.24, 2.45) is 5.92 Å². The Morgan fingerprint density at radius 1 is 0.943 bits per heavy atom. The van der Waals surface area contributed by atoms with Crippen molar-refractivity contribution in [1.29, 1.82) is 0 Å². The molecule has 4 rings (SSSR count). The molecular weight excluding hydrogens is 465 g/mol. The van der Waals surface area contributed by atoms with Crippen molar-refractivity contribution in [3.05, 3.63) is 90.0 Å². The molecule has 1 heterocycles. The van der Waals surface area contributed by atoms with Gasteiger partial charge in [-0.25, -0.2) is 4.79 Å². The van der Waals surface area contributed by atoms with Crippen LogP contribution in [-0.2, 0) is 0 Å². The lowest BCUT2D eigenvalue weighted by Crippen LogP contribution is -2.72. The first kappa shape index (κ1) is 24.1. The van der Waals surface area contributed by atoms with E-state index in [-0.39, 0.29) is 16.9 Å². The van der Waals surface area contributed by atoms with Crippen LogP contribution in [0.2, 0.25) is 0 Å². The van der Waals surface area contributed by atoms with Crippen LogP contribution < -0.4 is 20.1 Å². The molecule has 3 N–H and O–H groups in total. The molecule has 0 bridgehead atoms. The smallest absolute Gasteiger partial charge is 0.437 e. The maximum atomic E-state index is 14.1. The molecule has 3 aromatic carbocycles. The van der Waals surface area contributed by atoms with Gasteiger partial charge in [0.25, 0.3) is 0 Å². The highest BCUT2D eigenvalue weighted by Gasteiger charge is 2.66. The molecule has 3 aromatic rings. The summed E-state index contributed by atoms with van der Waals surface area (Å²) in [4.78, 5) is 25.6. The number of Topliss-reactive ketones (excluding diaryl/α,β-unsaturated/α-hetero) is 1. The summed E-state index contributed by atoms with van der Waals surface area (Å²) in [5, 5.41) is 14.6. The van der Waals surface area contributed by atoms with Crippen LogP contribution in [-0.4, -0.2) is 35.9 Å². The van der Waals surface area contributed by atoms with Crippen molar-refractivity contribution in [3.8, 4) is 17.2 Å². The molecule has 1 aliphatic heterocycles. The molecule has 3 atom stereocenters. The van der Waals surface area contributed by atoms with Gasteiger partial charge >= 0.3 is 12.2 Å². The Hall–Kier alpha value is -4.05. The molecule has 0 aliphatic carbocycles. The Morgan fingerprint density at radius 2 is 1.60 bits per heavy atom. The fraction of sp³-hybridized carbons (Fsp3) is 0.200. The number of carbonyl (C=O) groups is 2. The number of hydrogen-bond donors (Lipinski definition) is 3. The van der Waals surface area contributed by atoms with Crippen LogP contribution in [0, 0.1) is 5.92 Å². The Bertz CT molecular complexity index is 1220. The predicted molar refractivity (Wildman–Crippen MR) is 119 cm³/mol. The predicted octanol–water partition coefficient (Wildman–Crippen LogP) is 4.59. The van der Waals surface area contributed by atoms with Gasteiger partial charge in [-0.3, -0.25) is 4.79 Å². The summed E-state index contributed by atoms with van der Waals surface area (Å²) >= 11 is 0. The number of alkyl halides is 3. The molecule has 1 saturated heterocycles. The van der Waals surface area contributed by atoms with Gasteiger partial charge in [0.05, 0.1) is 13.2 Å². The van der Waals surface area contributed by atoms with Crippen LogP contribution in [0.15, 0.2) is 78.9 Å². The summed E-state index contributed by atoms with van der Waals surface area (Å²) in [6, 6.07) is 17.2. The van der Waals surface area contributed by atoms with Crippen molar-refractivity contribution in [2.75, 3.05) is 7.11 Å². The molecule has 0 spiro atoms. The number of benzene rings is 3. The quantitative estimate of drug-likeness (QED) is 0.443. The molecule has 0 radical (unpaired) electrons. The maximum absolute atomic E-state index is 14.1. The van der Waals surface area contributed by atoms with Crippen molar-refractivity contribution in [2.45, 2.75) is 17.9 Å². The minimum Gasteiger partial charge on any atom is -0.497 e. The lowest BCUT2D eigenvalue weighted by Gasteiger charge is -2.45. The second-order valence-electron chi connectivity index (χ2n) is 7.90. The second-order valence-corrected chi connectivity index (χ2v) is 7.90. The Labute approximate surface area is 198 Å². The molecule has 1 fully saturated rings. The number of ether oxygens (including phenoxy) is 2. The summed E-state index contributed by atoms with van der Waals surface area (Å²) in [6.45, 7) is 0. The largest absolute Gasteiger partial charge is 0.497 e. The molecule has 0 saturated carbocycles. The van der Waals surface area contributed by atoms with E-state index < -0.39 is 35.7 Å². The van der Waals surface area contributed by atoms with Crippen LogP contribution in [0.4, 0.5) is 18.0 Å². The number of carbonyl (C=O) groups excluding carboxylic acids is 2. The Balaban J connectivity index is 1.77. The van der Waals surface area contributed by atoms with E-state index in [1.807, 2.05) is 0 Å². The molecule has 0 aromatic heterocycles. The van der Waals surface area contributed by atoms with Gasteiger partial charge in [0.2, 0.25) is 5.72 Å². The third-order valence-corrected chi connectivity index (χ3v) is 5.66. The summed E-state index contributed by atoms with van der Waals surface area (Å²) in [6.07, 6.45) is -5.35. The fourth-order valence-corrected chi connectivity index (χ4v) is 3.95. The molecule has 1 aliphatic rings. The highest BCUT2D eigenvalue weighted by molar-refractivity contribution is 6.00. The minimum absolute atomic E-state index is 0.0990. The van der Waals surface area contributed by atoms with Crippen LogP contribution in [0.5, 0.6) is 17.2 Å². The zero-order valence-corrected chi connectivity index (χ0v) is 18.4. The third kappa shape index (κ3) is 4.78. The number of halogens is 3. The van der Waals surface area contributed by atoms with Crippen molar-refractivity contribution >= 4 is 11.8 Å². The first-order chi connectivity index (χ1) is 16.6. The van der Waals surface area contributed by atoms with E-state index in [4.69, 9.17) is 9.47 Å². The van der Waals surface area contributed by atoms with Gasteiger partial charge in [0.1, 0.15) is 23.2 Å². The SMILES string of the molecule is COc1ccc(C(=O)C2C(c3cccc(Oc4ccccc4)c3)NC(=O)NC2(O)C(F)(F)F)cc1. The van der Waals surface area contributed by atoms with Crippen LogP contribution in [0.1, 0.15) is 22.0 Å². The average Bonchev–Trinajstić information content (AvgIpc) is 2.83. The number of para-hydroxylation sites is 1. The molecule has 3 unspecified atom stereocenters. The van der Waals surface area contributed by atoms with E-state index in [1.54, 1.807) is 36.4 Å². The fourth-order valence-electron chi connectivity index (χ4n) is 3.95. The second kappa shape index (κ2) is 9.30. The monoisotopic (exact) mass is 486 g/mol. The van der Waals surface area contributed by atoms with Crippen LogP contribution in [0.25, 0.3) is 0 Å². The van der Waals surface area contributed by atoms with E-state index in [1.165, 1.54) is 54.9 Å². The topological polar surface area (TPSA) is 96.9 Å². The molecule has 7 nitrogen and oxygen atoms in total. The molecule has 35 heavy (non-hydrogen) atoms. The summed E-state index contributed by atoms with van der Waals surface area (Å²) in [5.41, 5.74) is -3.78. The molecule has 182 valence electrons. The maximum Gasteiger partial charge on any atom is 0.437 e. The Morgan fingerprint density at radius 3 is 2.23 bits per heavy atom. The van der Waals surface area contributed by atoms with E-state index in [9.17, 15) is 27.9 Å². The zero-order chi connectivity index (χ0) is 25.2. The number of urea groups is 1. The van der Waals surface area contributed by atoms with Crippen molar-refractivity contribution in [3.63, 3.8) is 0 Å². The van der Waals surface area contributed by atoms with Crippen molar-refractivity contribution in [1.82, 2.24) is 10.6 Å². The lowest BCUT2D eigenvalue weighted by atomic mass is 9.77. The lowest BCUT2D eigenvalue weighted by molar-refractivity contribution is -0.287. The van der Waals surface area contributed by atoms with Gasteiger partial charge in [-0.05, 0) is 54.1 Å². The number of methoxy groups -OCH3 is 1. The normalized spacial score (nSPS) is 22.0. The summed E-state index contributed by atoms with van der Waals surface area (Å²) in [7, 11) is 1.40. The number of nitrogens with one attached hydrogen (secondary N) is 2. The first-order valence-electron chi connectivity index (χ1n) is 10.5. The van der Waals surface area contributed by atoms with E-state index in [2.05, 4.69) is 5.32 Å². The van der Waals surface area contributed by atoms with Gasteiger partial charge in [-0.15, -0.1) is 0 Å². The van der Waals surface area contributed by atoms with E-state index in [0.717, 1.165) is 0 Å². The third-order valence-electron chi connectivity index (χ3n) is 5.66. The van der Waals surface area contributed by atoms with Gasteiger partial charge in [-0.2, -0.15) is 13.2 Å². The Kier molecular flexibility index (Phi) is 6.40. The van der Waals surface area contributed by atoms with Gasteiger partial charge in [0.15, 0.2) is 5.78 Å². The number of amides is 2. The van der Waals surface area contributed by atoms with E-state index >= 15 is 0 Å². The van der Waals surface area contributed by atoms with Crippen LogP contribution in [0.3, 0.4) is 0 Å². The summed E-state index contributed by atoms with van der Waals surface area (Å²) in [5.74, 6) is -2.03. The molecule has 10 heteroatoms. The molecular formula is C25H21F3N2O5. The van der Waals surface area contributed by atoms with E-state index in [0.29, 0.717) is 11.5 Å². The highest BCUT2D eigenvalue weighted by Crippen LogP contribution is 2.44. The van der Waals surface area contributed by atoms with Gasteiger partial charge < -0.3 is 25.2 Å². The van der Waals surface area contributed by atoms with Gasteiger partial charge in [0, 0.05) is 5.56 Å². The van der Waals surface area contributed by atoms with Gasteiger partial charge in [-0.1, -0.05) is 30.3 Å². The average molecular weight is 486 g/mol. The first-order valence-corrected chi connectivity index (χ1v) is 10.5. The summed E-state index contributed by atoms with van der Waals surface area (Å²) < 4.78 is 53.1. The molecule has 2 amide bonds. The number of hydrogen-bond acceptors (Lipinski definition) is 5. The zero-order valence-electron chi connectivity index (χ0n) is 18.4. The standard InChI is InChI=1S/C25H21F3N2O5/c1-34-17-12-10-15(11-13-17)22(31)20-21(29-23(32)30-24(20,33)25(26,27)28)16-6-5-9-19(14-16)35-18-7-3-2-4-8-18/h2-14,20-21,33H,1H3,(H2,29,30,32). The number of rotatable bonds is 6. The van der Waals surface area contributed by atoms with Crippen LogP contribution >= 0.6 is 0 Å². The minimum atomic E-state index is -5.35. The van der Waals surface area contributed by atoms with Crippen molar-refractivity contribution < 1.29 is 37.3 Å². The number of aliphatic hydroxyl groups is 1. The highest BCUT2D eigenvalue weighted by atomic mass is 19.4. The number of ketones is 1.